The van der Waals surface area contributed by atoms with Crippen molar-refractivity contribution in [3.8, 4) is 29.0 Å². The summed E-state index contributed by atoms with van der Waals surface area (Å²) >= 11 is 0. The lowest BCUT2D eigenvalue weighted by atomic mass is 10.1. The maximum Gasteiger partial charge on any atom is 0.408 e. The molecule has 0 spiro atoms. The number of methoxy groups -OCH3 is 2. The molecule has 0 saturated carbocycles. The van der Waals surface area contributed by atoms with Gasteiger partial charge in [0.25, 0.3) is 0 Å². The third-order valence-electron chi connectivity index (χ3n) is 6.04. The Morgan fingerprint density at radius 2 is 1.82 bits per heavy atom. The van der Waals surface area contributed by atoms with Crippen molar-refractivity contribution in [2.45, 2.75) is 31.7 Å². The van der Waals surface area contributed by atoms with Crippen LogP contribution in [0.25, 0.3) is 22.2 Å². The van der Waals surface area contributed by atoms with Crippen LogP contribution in [0.15, 0.2) is 36.8 Å². The molecular formula is C24H22F5N7O3. The van der Waals surface area contributed by atoms with Crippen molar-refractivity contribution in [1.29, 1.82) is 0 Å². The van der Waals surface area contributed by atoms with Gasteiger partial charge in [-0.05, 0) is 19.1 Å². The highest BCUT2D eigenvalue weighted by Crippen LogP contribution is 2.37. The van der Waals surface area contributed by atoms with E-state index in [4.69, 9.17) is 14.2 Å². The van der Waals surface area contributed by atoms with Gasteiger partial charge >= 0.3 is 18.1 Å². The molecule has 1 aliphatic heterocycles. The zero-order valence-corrected chi connectivity index (χ0v) is 20.9. The topological polar surface area (TPSA) is 100 Å². The molecule has 39 heavy (non-hydrogen) atoms. The first-order valence-electron chi connectivity index (χ1n) is 11.6. The van der Waals surface area contributed by atoms with Gasteiger partial charge in [0.1, 0.15) is 6.54 Å². The van der Waals surface area contributed by atoms with E-state index < -0.39 is 31.3 Å². The Bertz CT molecular complexity index is 1510. The molecule has 4 aromatic heterocycles. The van der Waals surface area contributed by atoms with E-state index in [1.807, 2.05) is 0 Å². The van der Waals surface area contributed by atoms with E-state index in [-0.39, 0.29) is 29.8 Å². The number of nitrogens with zero attached hydrogens (tertiary/aromatic N) is 7. The summed E-state index contributed by atoms with van der Waals surface area (Å²) in [7, 11) is 2.83. The van der Waals surface area contributed by atoms with Gasteiger partial charge in [-0.1, -0.05) is 0 Å². The smallest absolute Gasteiger partial charge is 0.408 e. The molecule has 0 aromatic carbocycles. The van der Waals surface area contributed by atoms with Crippen LogP contribution in [0.1, 0.15) is 5.69 Å². The van der Waals surface area contributed by atoms with Crippen molar-refractivity contribution in [2.75, 3.05) is 32.2 Å². The lowest BCUT2D eigenvalue weighted by Gasteiger charge is -2.19. The van der Waals surface area contributed by atoms with Crippen LogP contribution < -0.4 is 19.1 Å². The van der Waals surface area contributed by atoms with E-state index in [0.29, 0.717) is 28.0 Å². The standard InChI is InChI=1S/C24H22F5N7O3/c1-13-4-15(5-17(33-13)16-9-31-22(38-3)34-21(16)37-2)35-10-19(23(25,26)11-35)39-20-6-18-14(7-30-20)8-32-36(18)12-24(27,28)29/h4-9,19H,10-12H2,1-3H3. The number of aromatic nitrogens is 6. The van der Waals surface area contributed by atoms with Crippen molar-refractivity contribution in [2.24, 2.45) is 0 Å². The van der Waals surface area contributed by atoms with Gasteiger partial charge in [0.15, 0.2) is 6.10 Å². The second kappa shape index (κ2) is 9.78. The number of alkyl halides is 5. The normalized spacial score (nSPS) is 17.0. The van der Waals surface area contributed by atoms with E-state index in [9.17, 15) is 13.2 Å². The second-order valence-corrected chi connectivity index (χ2v) is 8.88. The average molecular weight is 551 g/mol. The molecule has 5 rings (SSSR count). The Hall–Kier alpha value is -4.30. The highest BCUT2D eigenvalue weighted by molar-refractivity contribution is 5.78. The van der Waals surface area contributed by atoms with Gasteiger partial charge in [-0.3, -0.25) is 9.67 Å². The minimum absolute atomic E-state index is 0.0700. The van der Waals surface area contributed by atoms with Crippen LogP contribution >= 0.6 is 0 Å². The molecule has 1 fully saturated rings. The van der Waals surface area contributed by atoms with Crippen LogP contribution in [0.2, 0.25) is 0 Å². The summed E-state index contributed by atoms with van der Waals surface area (Å²) in [5.41, 5.74) is 1.92. The SMILES string of the molecule is COc1ncc(-c2cc(N3CC(Oc4cc5c(cn4)cnn5CC(F)(F)F)C(F)(F)C3)cc(C)n2)c(OC)n1. The Morgan fingerprint density at radius 1 is 1.03 bits per heavy atom. The first-order chi connectivity index (χ1) is 18.5. The van der Waals surface area contributed by atoms with Crippen LogP contribution in [0.4, 0.5) is 27.6 Å². The van der Waals surface area contributed by atoms with Gasteiger partial charge in [-0.2, -0.15) is 23.3 Å². The number of pyridine rings is 2. The maximum atomic E-state index is 15.1. The zero-order chi connectivity index (χ0) is 27.9. The number of halogens is 5. The number of anilines is 1. The van der Waals surface area contributed by atoms with Gasteiger partial charge in [0, 0.05) is 35.2 Å². The Balaban J connectivity index is 1.40. The molecule has 0 aliphatic carbocycles. The summed E-state index contributed by atoms with van der Waals surface area (Å²) in [5.74, 6) is -3.32. The fourth-order valence-electron chi connectivity index (χ4n) is 4.29. The Morgan fingerprint density at radius 3 is 2.54 bits per heavy atom. The predicted molar refractivity (Wildman–Crippen MR) is 128 cm³/mol. The van der Waals surface area contributed by atoms with Gasteiger partial charge < -0.3 is 19.1 Å². The molecule has 15 heteroatoms. The largest absolute Gasteiger partial charge is 0.480 e. The monoisotopic (exact) mass is 551 g/mol. The Kier molecular flexibility index (Phi) is 6.60. The zero-order valence-electron chi connectivity index (χ0n) is 20.9. The molecule has 0 amide bonds. The van der Waals surface area contributed by atoms with Crippen LogP contribution in [-0.4, -0.2) is 75.2 Å². The third kappa shape index (κ3) is 5.47. The first kappa shape index (κ1) is 26.3. The van der Waals surface area contributed by atoms with Crippen LogP contribution in [0.5, 0.6) is 17.8 Å². The number of rotatable bonds is 7. The number of aryl methyl sites for hydroxylation is 1. The summed E-state index contributed by atoms with van der Waals surface area (Å²) in [6, 6.07) is 4.53. The molecule has 1 unspecified atom stereocenters. The average Bonchev–Trinajstić information content (AvgIpc) is 3.41. The van der Waals surface area contributed by atoms with Gasteiger partial charge in [0.05, 0.1) is 50.3 Å². The fraction of sp³-hybridized carbons (Fsp3) is 0.375. The quantitative estimate of drug-likeness (QED) is 0.315. The molecule has 1 aliphatic rings. The summed E-state index contributed by atoms with van der Waals surface area (Å²) in [6.45, 7) is -0.491. The Labute approximate surface area is 218 Å². The lowest BCUT2D eigenvalue weighted by molar-refractivity contribution is -0.141. The minimum Gasteiger partial charge on any atom is -0.480 e. The van der Waals surface area contributed by atoms with Crippen molar-refractivity contribution >= 4 is 16.6 Å². The third-order valence-corrected chi connectivity index (χ3v) is 6.04. The highest BCUT2D eigenvalue weighted by Gasteiger charge is 2.50. The van der Waals surface area contributed by atoms with Crippen molar-refractivity contribution < 1.29 is 36.2 Å². The molecule has 206 valence electrons. The van der Waals surface area contributed by atoms with Crippen LogP contribution in [0.3, 0.4) is 0 Å². The molecule has 10 nitrogen and oxygen atoms in total. The molecular weight excluding hydrogens is 529 g/mol. The summed E-state index contributed by atoms with van der Waals surface area (Å²) in [5, 5.41) is 4.03. The first-order valence-corrected chi connectivity index (χ1v) is 11.6. The van der Waals surface area contributed by atoms with Gasteiger partial charge in [-0.25, -0.2) is 18.7 Å². The molecule has 5 heterocycles. The minimum atomic E-state index is -4.51. The van der Waals surface area contributed by atoms with Crippen molar-refractivity contribution in [1.82, 2.24) is 29.7 Å². The van der Waals surface area contributed by atoms with Gasteiger partial charge in [0.2, 0.25) is 11.8 Å². The number of hydrogen-bond acceptors (Lipinski definition) is 9. The van der Waals surface area contributed by atoms with E-state index in [0.717, 1.165) is 4.68 Å². The number of fused-ring (bicyclic) bond motifs is 1. The molecule has 4 aromatic rings. The van der Waals surface area contributed by atoms with E-state index in [1.165, 1.54) is 43.8 Å². The summed E-state index contributed by atoms with van der Waals surface area (Å²) in [4.78, 5) is 18.1. The maximum absolute atomic E-state index is 15.1. The molecule has 1 atom stereocenters. The highest BCUT2D eigenvalue weighted by atomic mass is 19.4. The number of ether oxygens (including phenoxy) is 3. The van der Waals surface area contributed by atoms with E-state index >= 15 is 8.78 Å². The predicted octanol–water partition coefficient (Wildman–Crippen LogP) is 4.07. The molecule has 0 radical (unpaired) electrons. The van der Waals surface area contributed by atoms with E-state index in [1.54, 1.807) is 19.1 Å². The van der Waals surface area contributed by atoms with Gasteiger partial charge in [-0.15, -0.1) is 0 Å². The van der Waals surface area contributed by atoms with E-state index in [2.05, 4.69) is 25.0 Å². The molecule has 0 bridgehead atoms. The molecule has 1 saturated heterocycles. The summed E-state index contributed by atoms with van der Waals surface area (Å²) in [6.07, 6.45) is -2.21. The molecule has 0 N–H and O–H groups in total. The fourth-order valence-corrected chi connectivity index (χ4v) is 4.29. The van der Waals surface area contributed by atoms with Crippen molar-refractivity contribution in [3.05, 3.63) is 42.5 Å². The lowest BCUT2D eigenvalue weighted by Crippen LogP contribution is -2.36. The van der Waals surface area contributed by atoms with Crippen molar-refractivity contribution in [3.63, 3.8) is 0 Å². The second-order valence-electron chi connectivity index (χ2n) is 8.88. The van der Waals surface area contributed by atoms with Crippen LogP contribution in [0, 0.1) is 6.92 Å². The summed E-state index contributed by atoms with van der Waals surface area (Å²) < 4.78 is 85.4. The number of hydrogen-bond donors (Lipinski definition) is 0. The van der Waals surface area contributed by atoms with Crippen LogP contribution in [-0.2, 0) is 6.54 Å².